The van der Waals surface area contributed by atoms with Crippen molar-refractivity contribution in [3.63, 3.8) is 0 Å². The van der Waals surface area contributed by atoms with Gasteiger partial charge < -0.3 is 20.7 Å². The molecular weight excluding hydrogens is 190 g/mol. The quantitative estimate of drug-likeness (QED) is 0.574. The summed E-state index contributed by atoms with van der Waals surface area (Å²) in [6.07, 6.45) is 0. The standard InChI is InChI=1S/C11H20N3O/c1-14(2,3)6-7-15-11-8-9(12)4-5-10(11)13/h4-5,8H,6-7,12-13H2,1-3H3/q+1. The van der Waals surface area contributed by atoms with Gasteiger partial charge in [-0.15, -0.1) is 0 Å². The average molecular weight is 210 g/mol. The SMILES string of the molecule is C[N+](C)(C)CCOc1cc(N)ccc1N. The number of anilines is 2. The van der Waals surface area contributed by atoms with Gasteiger partial charge in [0.2, 0.25) is 0 Å². The zero-order chi connectivity index (χ0) is 11.5. The first-order valence-electron chi connectivity index (χ1n) is 4.97. The highest BCUT2D eigenvalue weighted by Crippen LogP contribution is 2.23. The van der Waals surface area contributed by atoms with Gasteiger partial charge in [-0.3, -0.25) is 0 Å². The number of nitrogens with two attached hydrogens (primary N) is 2. The third-order valence-corrected chi connectivity index (χ3v) is 2.06. The first-order valence-corrected chi connectivity index (χ1v) is 4.97. The van der Waals surface area contributed by atoms with Crippen LogP contribution in [0.15, 0.2) is 18.2 Å². The maximum Gasteiger partial charge on any atom is 0.144 e. The van der Waals surface area contributed by atoms with Crippen LogP contribution in [0.25, 0.3) is 0 Å². The van der Waals surface area contributed by atoms with Crippen LogP contribution in [0.1, 0.15) is 0 Å². The predicted molar refractivity (Wildman–Crippen MR) is 63.7 cm³/mol. The van der Waals surface area contributed by atoms with E-state index in [1.165, 1.54) is 0 Å². The van der Waals surface area contributed by atoms with Gasteiger partial charge in [0, 0.05) is 11.8 Å². The Morgan fingerprint density at radius 1 is 1.20 bits per heavy atom. The lowest BCUT2D eigenvalue weighted by molar-refractivity contribution is -0.870. The molecule has 0 aromatic heterocycles. The third-order valence-electron chi connectivity index (χ3n) is 2.06. The first-order chi connectivity index (χ1) is 6.88. The Morgan fingerprint density at radius 3 is 2.47 bits per heavy atom. The van der Waals surface area contributed by atoms with E-state index in [0.717, 1.165) is 11.0 Å². The number of rotatable bonds is 4. The highest BCUT2D eigenvalue weighted by molar-refractivity contribution is 5.59. The molecule has 0 aliphatic rings. The van der Waals surface area contributed by atoms with E-state index < -0.39 is 0 Å². The Morgan fingerprint density at radius 2 is 1.87 bits per heavy atom. The summed E-state index contributed by atoms with van der Waals surface area (Å²) in [5.74, 6) is 0.670. The van der Waals surface area contributed by atoms with Crippen molar-refractivity contribution in [1.29, 1.82) is 0 Å². The summed E-state index contributed by atoms with van der Waals surface area (Å²) in [7, 11) is 6.35. The second-order valence-corrected chi connectivity index (χ2v) is 4.66. The second kappa shape index (κ2) is 4.40. The van der Waals surface area contributed by atoms with E-state index in [1.807, 2.05) is 0 Å². The van der Waals surface area contributed by atoms with Crippen LogP contribution in [-0.4, -0.2) is 38.8 Å². The molecule has 1 aromatic rings. The van der Waals surface area contributed by atoms with Gasteiger partial charge in [0.05, 0.1) is 26.8 Å². The number of ether oxygens (including phenoxy) is 1. The summed E-state index contributed by atoms with van der Waals surface area (Å²) >= 11 is 0. The Balaban J connectivity index is 2.54. The maximum absolute atomic E-state index is 5.75. The number of nitrogen functional groups attached to an aromatic ring is 2. The molecule has 15 heavy (non-hydrogen) atoms. The van der Waals surface area contributed by atoms with Crippen LogP contribution in [0.2, 0.25) is 0 Å². The van der Waals surface area contributed by atoms with E-state index in [1.54, 1.807) is 18.2 Å². The number of benzene rings is 1. The summed E-state index contributed by atoms with van der Waals surface area (Å²) in [4.78, 5) is 0. The largest absolute Gasteiger partial charge is 0.485 e. The molecule has 4 heteroatoms. The van der Waals surface area contributed by atoms with Gasteiger partial charge in [-0.25, -0.2) is 0 Å². The number of hydrogen-bond acceptors (Lipinski definition) is 3. The number of hydrogen-bond donors (Lipinski definition) is 2. The van der Waals surface area contributed by atoms with E-state index in [4.69, 9.17) is 16.2 Å². The van der Waals surface area contributed by atoms with Crippen molar-refractivity contribution in [2.75, 3.05) is 45.8 Å². The third kappa shape index (κ3) is 4.08. The van der Waals surface area contributed by atoms with Gasteiger partial charge in [-0.1, -0.05) is 0 Å². The van der Waals surface area contributed by atoms with Crippen molar-refractivity contribution < 1.29 is 9.22 Å². The minimum atomic E-state index is 0.630. The van der Waals surface area contributed by atoms with Crippen molar-refractivity contribution >= 4 is 11.4 Å². The van der Waals surface area contributed by atoms with Crippen LogP contribution in [-0.2, 0) is 0 Å². The molecule has 84 valence electrons. The fourth-order valence-electron chi connectivity index (χ4n) is 1.11. The zero-order valence-corrected chi connectivity index (χ0v) is 9.66. The first kappa shape index (κ1) is 11.7. The predicted octanol–water partition coefficient (Wildman–Crippen LogP) is 0.936. The molecule has 0 spiro atoms. The topological polar surface area (TPSA) is 61.3 Å². The van der Waals surface area contributed by atoms with E-state index in [9.17, 15) is 0 Å². The molecule has 0 fully saturated rings. The molecule has 0 bridgehead atoms. The minimum absolute atomic E-state index is 0.630. The molecule has 0 aliphatic carbocycles. The van der Waals surface area contributed by atoms with Gasteiger partial charge in [0.1, 0.15) is 18.9 Å². The fraction of sp³-hybridized carbons (Fsp3) is 0.455. The molecule has 0 unspecified atom stereocenters. The summed E-state index contributed by atoms with van der Waals surface area (Å²) in [6, 6.07) is 5.28. The summed E-state index contributed by atoms with van der Waals surface area (Å²) < 4.78 is 6.44. The van der Waals surface area contributed by atoms with Gasteiger partial charge in [0.25, 0.3) is 0 Å². The van der Waals surface area contributed by atoms with Crippen LogP contribution in [0, 0.1) is 0 Å². The number of likely N-dealkylation sites (N-methyl/N-ethyl adjacent to an activating group) is 1. The lowest BCUT2D eigenvalue weighted by Gasteiger charge is -2.23. The smallest absolute Gasteiger partial charge is 0.144 e. The van der Waals surface area contributed by atoms with E-state index in [0.29, 0.717) is 23.7 Å². The Labute approximate surface area is 91.0 Å². The molecule has 0 aliphatic heterocycles. The van der Waals surface area contributed by atoms with E-state index in [-0.39, 0.29) is 0 Å². The monoisotopic (exact) mass is 210 g/mol. The molecule has 0 radical (unpaired) electrons. The van der Waals surface area contributed by atoms with E-state index >= 15 is 0 Å². The molecule has 4 nitrogen and oxygen atoms in total. The summed E-state index contributed by atoms with van der Waals surface area (Å²) in [5.41, 5.74) is 12.7. The number of quaternary nitrogens is 1. The van der Waals surface area contributed by atoms with Gasteiger partial charge in [-0.2, -0.15) is 0 Å². The molecule has 0 heterocycles. The fourth-order valence-corrected chi connectivity index (χ4v) is 1.11. The lowest BCUT2D eigenvalue weighted by atomic mass is 10.2. The molecule has 4 N–H and O–H groups in total. The lowest BCUT2D eigenvalue weighted by Crippen LogP contribution is -2.38. The van der Waals surface area contributed by atoms with Gasteiger partial charge >= 0.3 is 0 Å². The van der Waals surface area contributed by atoms with Crippen LogP contribution in [0.3, 0.4) is 0 Å². The maximum atomic E-state index is 5.75. The normalized spacial score (nSPS) is 11.4. The highest BCUT2D eigenvalue weighted by Gasteiger charge is 2.07. The van der Waals surface area contributed by atoms with Crippen LogP contribution in [0.5, 0.6) is 5.75 Å². The van der Waals surface area contributed by atoms with Crippen LogP contribution in [0.4, 0.5) is 11.4 Å². The number of nitrogens with zero attached hydrogens (tertiary/aromatic N) is 1. The van der Waals surface area contributed by atoms with Crippen molar-refractivity contribution in [2.24, 2.45) is 0 Å². The molecule has 0 amide bonds. The molecular formula is C11H20N3O+. The van der Waals surface area contributed by atoms with Crippen molar-refractivity contribution in [3.05, 3.63) is 18.2 Å². The summed E-state index contributed by atoms with van der Waals surface area (Å²) in [6.45, 7) is 1.56. The van der Waals surface area contributed by atoms with Crippen molar-refractivity contribution in [1.82, 2.24) is 0 Å². The molecule has 0 saturated heterocycles. The minimum Gasteiger partial charge on any atom is -0.485 e. The Hall–Kier alpha value is -1.42. The van der Waals surface area contributed by atoms with Crippen LogP contribution < -0.4 is 16.2 Å². The van der Waals surface area contributed by atoms with Crippen molar-refractivity contribution in [2.45, 2.75) is 0 Å². The molecule has 0 atom stereocenters. The highest BCUT2D eigenvalue weighted by atomic mass is 16.5. The Bertz CT molecular complexity index is 331. The van der Waals surface area contributed by atoms with Crippen LogP contribution >= 0.6 is 0 Å². The average Bonchev–Trinajstić information content (AvgIpc) is 2.09. The summed E-state index contributed by atoms with van der Waals surface area (Å²) in [5, 5.41) is 0. The molecule has 1 aromatic carbocycles. The van der Waals surface area contributed by atoms with Crippen molar-refractivity contribution in [3.8, 4) is 5.75 Å². The van der Waals surface area contributed by atoms with Gasteiger partial charge in [-0.05, 0) is 12.1 Å². The van der Waals surface area contributed by atoms with Gasteiger partial charge in [0.15, 0.2) is 0 Å². The molecule has 1 rings (SSSR count). The second-order valence-electron chi connectivity index (χ2n) is 4.66. The molecule has 0 saturated carbocycles. The zero-order valence-electron chi connectivity index (χ0n) is 9.66. The van der Waals surface area contributed by atoms with E-state index in [2.05, 4.69) is 21.1 Å². The Kier molecular flexibility index (Phi) is 3.42.